The number of nitrogens with one attached hydrogen (secondary N) is 1. The predicted molar refractivity (Wildman–Crippen MR) is 129 cm³/mol. The predicted octanol–water partition coefficient (Wildman–Crippen LogP) is 3.12. The van der Waals surface area contributed by atoms with Crippen molar-refractivity contribution >= 4 is 33.8 Å². The molecule has 33 heavy (non-hydrogen) atoms. The van der Waals surface area contributed by atoms with Gasteiger partial charge in [-0.25, -0.2) is 4.79 Å². The number of nitrogens with zero attached hydrogens (tertiary/aromatic N) is 2. The van der Waals surface area contributed by atoms with E-state index in [4.69, 9.17) is 9.47 Å². The van der Waals surface area contributed by atoms with Gasteiger partial charge in [-0.05, 0) is 42.1 Å². The Kier molecular flexibility index (Phi) is 6.60. The minimum atomic E-state index is -0.525. The fourth-order valence-electron chi connectivity index (χ4n) is 3.64. The van der Waals surface area contributed by atoms with E-state index >= 15 is 0 Å². The van der Waals surface area contributed by atoms with E-state index in [2.05, 4.69) is 5.32 Å². The van der Waals surface area contributed by atoms with E-state index in [1.54, 1.807) is 53.8 Å². The van der Waals surface area contributed by atoms with Gasteiger partial charge in [-0.1, -0.05) is 18.2 Å². The van der Waals surface area contributed by atoms with Crippen LogP contribution in [0.1, 0.15) is 4.88 Å². The van der Waals surface area contributed by atoms with Gasteiger partial charge in [0.15, 0.2) is 0 Å². The van der Waals surface area contributed by atoms with Crippen LogP contribution in [0.25, 0.3) is 10.9 Å². The van der Waals surface area contributed by atoms with Gasteiger partial charge in [0.2, 0.25) is 5.91 Å². The number of ether oxygens (including phenoxy) is 2. The second kappa shape index (κ2) is 9.74. The Hall–Kier alpha value is -3.85. The highest BCUT2D eigenvalue weighted by atomic mass is 32.1. The number of anilines is 1. The minimum absolute atomic E-state index is 0.230. The van der Waals surface area contributed by atoms with Crippen molar-refractivity contribution in [2.24, 2.45) is 0 Å². The van der Waals surface area contributed by atoms with Crippen LogP contribution in [-0.2, 0) is 24.3 Å². The third kappa shape index (κ3) is 4.68. The SMILES string of the molecule is COc1ccc(OC)c(NC(=O)Cn2c(=O)n(CCc3cccs3)c(=O)c3ccccc32)c1. The third-order valence-electron chi connectivity index (χ3n) is 5.28. The van der Waals surface area contributed by atoms with E-state index in [0.29, 0.717) is 34.5 Å². The smallest absolute Gasteiger partial charge is 0.331 e. The Morgan fingerprint density at radius 3 is 2.55 bits per heavy atom. The highest BCUT2D eigenvalue weighted by molar-refractivity contribution is 7.09. The summed E-state index contributed by atoms with van der Waals surface area (Å²) < 4.78 is 13.0. The number of fused-ring (bicyclic) bond motifs is 1. The fourth-order valence-corrected chi connectivity index (χ4v) is 4.34. The lowest BCUT2D eigenvalue weighted by Gasteiger charge is -2.15. The first-order valence-corrected chi connectivity index (χ1v) is 11.2. The van der Waals surface area contributed by atoms with Crippen LogP contribution in [0.2, 0.25) is 0 Å². The number of aryl methyl sites for hydroxylation is 1. The van der Waals surface area contributed by atoms with Crippen LogP contribution in [0.5, 0.6) is 11.5 Å². The lowest BCUT2D eigenvalue weighted by Crippen LogP contribution is -2.42. The molecule has 1 N–H and O–H groups in total. The molecule has 2 aromatic carbocycles. The van der Waals surface area contributed by atoms with E-state index < -0.39 is 11.6 Å². The molecule has 0 aliphatic rings. The molecular weight excluding hydrogens is 442 g/mol. The maximum absolute atomic E-state index is 13.3. The number of amides is 1. The molecule has 4 rings (SSSR count). The Morgan fingerprint density at radius 2 is 1.82 bits per heavy atom. The normalized spacial score (nSPS) is 10.8. The van der Waals surface area contributed by atoms with Gasteiger partial charge in [-0.3, -0.25) is 18.7 Å². The number of hydrogen-bond acceptors (Lipinski definition) is 6. The molecule has 0 radical (unpaired) electrons. The molecule has 0 saturated heterocycles. The molecule has 8 nitrogen and oxygen atoms in total. The van der Waals surface area contributed by atoms with E-state index in [1.807, 2.05) is 17.5 Å². The van der Waals surface area contributed by atoms with Crippen molar-refractivity contribution in [1.82, 2.24) is 9.13 Å². The van der Waals surface area contributed by atoms with Gasteiger partial charge in [0, 0.05) is 17.5 Å². The second-order valence-electron chi connectivity index (χ2n) is 7.29. The van der Waals surface area contributed by atoms with Gasteiger partial charge < -0.3 is 14.8 Å². The lowest BCUT2D eigenvalue weighted by molar-refractivity contribution is -0.116. The summed E-state index contributed by atoms with van der Waals surface area (Å²) in [6.45, 7) is -0.0344. The van der Waals surface area contributed by atoms with E-state index in [1.165, 1.54) is 23.4 Å². The highest BCUT2D eigenvalue weighted by Crippen LogP contribution is 2.28. The zero-order valence-corrected chi connectivity index (χ0v) is 19.1. The highest BCUT2D eigenvalue weighted by Gasteiger charge is 2.16. The van der Waals surface area contributed by atoms with Crippen LogP contribution in [0, 0.1) is 0 Å². The first-order valence-electron chi connectivity index (χ1n) is 10.3. The van der Waals surface area contributed by atoms with E-state index in [0.717, 1.165) is 4.88 Å². The standard InChI is InChI=1S/C24H23N3O5S/c1-31-16-9-10-21(32-2)19(14-16)25-22(28)15-27-20-8-4-3-7-18(20)23(29)26(24(27)30)12-11-17-6-5-13-33-17/h3-10,13-14H,11-12,15H2,1-2H3,(H,25,28). The summed E-state index contributed by atoms with van der Waals surface area (Å²) >= 11 is 1.57. The summed E-state index contributed by atoms with van der Waals surface area (Å²) in [5.41, 5.74) is -0.0563. The van der Waals surface area contributed by atoms with Gasteiger partial charge in [-0.15, -0.1) is 11.3 Å². The molecule has 1 amide bonds. The molecule has 9 heteroatoms. The molecule has 0 saturated carbocycles. The zero-order valence-electron chi connectivity index (χ0n) is 18.2. The molecule has 0 spiro atoms. The van der Waals surface area contributed by atoms with Crippen molar-refractivity contribution in [1.29, 1.82) is 0 Å². The number of carbonyl (C=O) groups is 1. The van der Waals surface area contributed by atoms with Crippen molar-refractivity contribution in [2.45, 2.75) is 19.5 Å². The van der Waals surface area contributed by atoms with Crippen molar-refractivity contribution < 1.29 is 14.3 Å². The summed E-state index contributed by atoms with van der Waals surface area (Å²) in [6.07, 6.45) is 0.554. The molecular formula is C24H23N3O5S. The number of hydrogen-bond donors (Lipinski definition) is 1. The maximum atomic E-state index is 13.3. The molecule has 0 aliphatic carbocycles. The minimum Gasteiger partial charge on any atom is -0.497 e. The number of rotatable bonds is 8. The molecule has 2 aromatic heterocycles. The second-order valence-corrected chi connectivity index (χ2v) is 8.32. The molecule has 0 aliphatic heterocycles. The first kappa shape index (κ1) is 22.3. The Labute approximate surface area is 193 Å². The van der Waals surface area contributed by atoms with Crippen LogP contribution in [-0.4, -0.2) is 29.3 Å². The summed E-state index contributed by atoms with van der Waals surface area (Å²) in [6, 6.07) is 15.7. The average molecular weight is 466 g/mol. The molecule has 0 unspecified atom stereocenters. The Balaban J connectivity index is 1.69. The number of methoxy groups -OCH3 is 2. The van der Waals surface area contributed by atoms with Crippen LogP contribution >= 0.6 is 11.3 Å². The number of carbonyl (C=O) groups excluding carboxylic acids is 1. The summed E-state index contributed by atoms with van der Waals surface area (Å²) in [5.74, 6) is 0.579. The van der Waals surface area contributed by atoms with Crippen molar-refractivity contribution in [2.75, 3.05) is 19.5 Å². The third-order valence-corrected chi connectivity index (χ3v) is 6.21. The lowest BCUT2D eigenvalue weighted by atomic mass is 10.2. The quantitative estimate of drug-likeness (QED) is 0.432. The largest absolute Gasteiger partial charge is 0.497 e. The van der Waals surface area contributed by atoms with Gasteiger partial charge in [0.25, 0.3) is 5.56 Å². The number of benzene rings is 2. The van der Waals surface area contributed by atoms with Gasteiger partial charge in [0.05, 0.1) is 30.8 Å². The molecule has 0 atom stereocenters. The van der Waals surface area contributed by atoms with E-state index in [9.17, 15) is 14.4 Å². The number of thiophene rings is 1. The zero-order chi connectivity index (χ0) is 23.4. The van der Waals surface area contributed by atoms with E-state index in [-0.39, 0.29) is 18.6 Å². The van der Waals surface area contributed by atoms with Crippen LogP contribution < -0.4 is 26.0 Å². The Morgan fingerprint density at radius 1 is 1.00 bits per heavy atom. The average Bonchev–Trinajstić information content (AvgIpc) is 3.35. The summed E-state index contributed by atoms with van der Waals surface area (Å²) in [4.78, 5) is 40.3. The van der Waals surface area contributed by atoms with Crippen molar-refractivity contribution in [3.8, 4) is 11.5 Å². The Bertz CT molecular complexity index is 1410. The number of aromatic nitrogens is 2. The maximum Gasteiger partial charge on any atom is 0.331 e. The van der Waals surface area contributed by atoms with Crippen LogP contribution in [0.3, 0.4) is 0 Å². The summed E-state index contributed by atoms with van der Waals surface area (Å²) in [5, 5.41) is 5.11. The molecule has 4 aromatic rings. The molecule has 0 fully saturated rings. The van der Waals surface area contributed by atoms with Crippen LogP contribution in [0.15, 0.2) is 69.6 Å². The van der Waals surface area contributed by atoms with Crippen LogP contribution in [0.4, 0.5) is 5.69 Å². The van der Waals surface area contributed by atoms with Gasteiger partial charge in [0.1, 0.15) is 18.0 Å². The monoisotopic (exact) mass is 465 g/mol. The topological polar surface area (TPSA) is 91.6 Å². The summed E-state index contributed by atoms with van der Waals surface area (Å²) in [7, 11) is 3.03. The molecule has 0 bridgehead atoms. The number of para-hydroxylation sites is 1. The first-order chi connectivity index (χ1) is 16.0. The van der Waals surface area contributed by atoms with Crippen molar-refractivity contribution in [3.05, 3.63) is 85.7 Å². The molecule has 170 valence electrons. The van der Waals surface area contributed by atoms with Gasteiger partial charge in [-0.2, -0.15) is 0 Å². The molecule has 2 heterocycles. The van der Waals surface area contributed by atoms with Gasteiger partial charge >= 0.3 is 5.69 Å². The van der Waals surface area contributed by atoms with Crippen molar-refractivity contribution in [3.63, 3.8) is 0 Å². The fraction of sp³-hybridized carbons (Fsp3) is 0.208.